The first-order valence-corrected chi connectivity index (χ1v) is 4.21. The molecule has 2 heterocycles. The Balaban J connectivity index is 2.53. The molecule has 0 bridgehead atoms. The van der Waals surface area contributed by atoms with Crippen LogP contribution in [0.25, 0.3) is 11.5 Å². The Bertz CT molecular complexity index is 512. The SMILES string of the molecule is Cc1cnc(-c2cn(C)cn2)[nH]c1=O. The van der Waals surface area contributed by atoms with E-state index in [4.69, 9.17) is 0 Å². The minimum Gasteiger partial charge on any atom is -0.340 e. The molecule has 2 rings (SSSR count). The Labute approximate surface area is 80.5 Å². The molecule has 0 atom stereocenters. The largest absolute Gasteiger partial charge is 0.340 e. The standard InChI is InChI=1S/C9H10N4O/c1-6-3-10-8(12-9(6)14)7-4-13(2)5-11-7/h3-5H,1-2H3,(H,10,12,14). The number of nitrogens with zero attached hydrogens (tertiary/aromatic N) is 3. The molecule has 0 saturated heterocycles. The molecule has 72 valence electrons. The third-order valence-corrected chi connectivity index (χ3v) is 1.92. The van der Waals surface area contributed by atoms with Gasteiger partial charge in [-0.2, -0.15) is 0 Å². The van der Waals surface area contributed by atoms with E-state index in [1.165, 1.54) is 0 Å². The molecule has 0 fully saturated rings. The van der Waals surface area contributed by atoms with Crippen LogP contribution in [0.4, 0.5) is 0 Å². The highest BCUT2D eigenvalue weighted by Gasteiger charge is 2.03. The normalized spacial score (nSPS) is 10.4. The monoisotopic (exact) mass is 190 g/mol. The third-order valence-electron chi connectivity index (χ3n) is 1.92. The minimum absolute atomic E-state index is 0.124. The van der Waals surface area contributed by atoms with E-state index < -0.39 is 0 Å². The lowest BCUT2D eigenvalue weighted by molar-refractivity contribution is 0.913. The molecule has 1 N–H and O–H groups in total. The molecule has 0 saturated carbocycles. The highest BCUT2D eigenvalue weighted by Crippen LogP contribution is 2.08. The highest BCUT2D eigenvalue weighted by molar-refractivity contribution is 5.46. The molecule has 14 heavy (non-hydrogen) atoms. The number of aromatic amines is 1. The van der Waals surface area contributed by atoms with Crippen LogP contribution in [0.5, 0.6) is 0 Å². The van der Waals surface area contributed by atoms with E-state index in [1.807, 2.05) is 7.05 Å². The number of nitrogens with one attached hydrogen (secondary N) is 1. The van der Waals surface area contributed by atoms with Gasteiger partial charge in [-0.1, -0.05) is 0 Å². The number of imidazole rings is 1. The van der Waals surface area contributed by atoms with Crippen molar-refractivity contribution in [2.75, 3.05) is 0 Å². The maximum Gasteiger partial charge on any atom is 0.254 e. The van der Waals surface area contributed by atoms with Gasteiger partial charge < -0.3 is 9.55 Å². The Hall–Kier alpha value is -1.91. The molecule has 2 aromatic heterocycles. The van der Waals surface area contributed by atoms with Gasteiger partial charge in [-0.15, -0.1) is 0 Å². The van der Waals surface area contributed by atoms with Gasteiger partial charge in [0.1, 0.15) is 5.69 Å². The molecular formula is C9H10N4O. The molecule has 2 aromatic rings. The quantitative estimate of drug-likeness (QED) is 0.711. The number of hydrogen-bond acceptors (Lipinski definition) is 3. The van der Waals surface area contributed by atoms with Gasteiger partial charge in [0.15, 0.2) is 5.82 Å². The van der Waals surface area contributed by atoms with Crippen LogP contribution in [0.3, 0.4) is 0 Å². The van der Waals surface area contributed by atoms with E-state index in [2.05, 4.69) is 15.0 Å². The summed E-state index contributed by atoms with van der Waals surface area (Å²) in [5, 5.41) is 0. The molecule has 5 heteroatoms. The van der Waals surface area contributed by atoms with Crippen LogP contribution < -0.4 is 5.56 Å². The van der Waals surface area contributed by atoms with Gasteiger partial charge >= 0.3 is 0 Å². The first kappa shape index (κ1) is 8.68. The number of aryl methyl sites for hydroxylation is 2. The van der Waals surface area contributed by atoms with Crippen molar-refractivity contribution in [3.05, 3.63) is 34.6 Å². The number of aromatic nitrogens is 4. The fraction of sp³-hybridized carbons (Fsp3) is 0.222. The van der Waals surface area contributed by atoms with Crippen molar-refractivity contribution in [1.82, 2.24) is 19.5 Å². The van der Waals surface area contributed by atoms with Gasteiger partial charge in [-0.05, 0) is 6.92 Å². The third kappa shape index (κ3) is 1.44. The molecule has 0 aliphatic rings. The fourth-order valence-electron chi connectivity index (χ4n) is 1.12. The maximum atomic E-state index is 11.3. The van der Waals surface area contributed by atoms with Crippen molar-refractivity contribution in [2.24, 2.45) is 7.05 Å². The molecule has 0 spiro atoms. The maximum absolute atomic E-state index is 11.3. The van der Waals surface area contributed by atoms with Crippen LogP contribution in [0, 0.1) is 6.92 Å². The molecular weight excluding hydrogens is 180 g/mol. The predicted octanol–water partition coefficient (Wildman–Crippen LogP) is 0.479. The van der Waals surface area contributed by atoms with Crippen molar-refractivity contribution in [3.63, 3.8) is 0 Å². The zero-order valence-electron chi connectivity index (χ0n) is 7.98. The Morgan fingerprint density at radius 1 is 1.43 bits per heavy atom. The molecule has 0 amide bonds. The second-order valence-electron chi connectivity index (χ2n) is 3.17. The van der Waals surface area contributed by atoms with E-state index in [0.29, 0.717) is 17.1 Å². The molecule has 0 aromatic carbocycles. The van der Waals surface area contributed by atoms with Crippen molar-refractivity contribution in [2.45, 2.75) is 6.92 Å². The topological polar surface area (TPSA) is 63.6 Å². The summed E-state index contributed by atoms with van der Waals surface area (Å²) >= 11 is 0. The lowest BCUT2D eigenvalue weighted by Crippen LogP contribution is -2.11. The summed E-state index contributed by atoms with van der Waals surface area (Å²) in [5.74, 6) is 0.501. The van der Waals surface area contributed by atoms with E-state index in [1.54, 1.807) is 30.2 Å². The number of rotatable bonds is 1. The van der Waals surface area contributed by atoms with Crippen molar-refractivity contribution in [3.8, 4) is 11.5 Å². The summed E-state index contributed by atoms with van der Waals surface area (Å²) in [6.07, 6.45) is 5.01. The average Bonchev–Trinajstić information content (AvgIpc) is 2.57. The van der Waals surface area contributed by atoms with E-state index in [0.717, 1.165) is 0 Å². The zero-order valence-corrected chi connectivity index (χ0v) is 7.98. The zero-order chi connectivity index (χ0) is 10.1. The summed E-state index contributed by atoms with van der Waals surface area (Å²) in [4.78, 5) is 22.1. The number of hydrogen-bond donors (Lipinski definition) is 1. The smallest absolute Gasteiger partial charge is 0.254 e. The Kier molecular flexibility index (Phi) is 1.92. The molecule has 0 unspecified atom stereocenters. The Morgan fingerprint density at radius 2 is 2.21 bits per heavy atom. The lowest BCUT2D eigenvalue weighted by Gasteiger charge is -1.95. The summed E-state index contributed by atoms with van der Waals surface area (Å²) in [6.45, 7) is 1.72. The molecule has 0 aliphatic heterocycles. The van der Waals surface area contributed by atoms with Crippen LogP contribution >= 0.6 is 0 Å². The molecule has 5 nitrogen and oxygen atoms in total. The fourth-order valence-corrected chi connectivity index (χ4v) is 1.12. The van der Waals surface area contributed by atoms with Crippen molar-refractivity contribution in [1.29, 1.82) is 0 Å². The van der Waals surface area contributed by atoms with Crippen molar-refractivity contribution < 1.29 is 0 Å². The van der Waals surface area contributed by atoms with E-state index in [9.17, 15) is 4.79 Å². The lowest BCUT2D eigenvalue weighted by atomic mass is 10.3. The predicted molar refractivity (Wildman–Crippen MR) is 51.8 cm³/mol. The number of H-pyrrole nitrogens is 1. The van der Waals surface area contributed by atoms with Gasteiger partial charge in [0.25, 0.3) is 5.56 Å². The average molecular weight is 190 g/mol. The van der Waals surface area contributed by atoms with Gasteiger partial charge in [0.2, 0.25) is 0 Å². The van der Waals surface area contributed by atoms with Gasteiger partial charge in [-0.25, -0.2) is 9.97 Å². The van der Waals surface area contributed by atoms with Gasteiger partial charge in [-0.3, -0.25) is 4.79 Å². The van der Waals surface area contributed by atoms with Crippen LogP contribution in [-0.4, -0.2) is 19.5 Å². The first-order chi connectivity index (χ1) is 6.66. The second kappa shape index (κ2) is 3.10. The summed E-state index contributed by atoms with van der Waals surface area (Å²) in [7, 11) is 1.86. The van der Waals surface area contributed by atoms with Crippen LogP contribution in [0.15, 0.2) is 23.5 Å². The second-order valence-corrected chi connectivity index (χ2v) is 3.17. The summed E-state index contributed by atoms with van der Waals surface area (Å²) in [5.41, 5.74) is 1.15. The molecule has 0 radical (unpaired) electrons. The summed E-state index contributed by atoms with van der Waals surface area (Å²) < 4.78 is 1.80. The van der Waals surface area contributed by atoms with Crippen LogP contribution in [0.2, 0.25) is 0 Å². The summed E-state index contributed by atoms with van der Waals surface area (Å²) in [6, 6.07) is 0. The highest BCUT2D eigenvalue weighted by atomic mass is 16.1. The van der Waals surface area contributed by atoms with E-state index in [-0.39, 0.29) is 5.56 Å². The van der Waals surface area contributed by atoms with Gasteiger partial charge in [0.05, 0.1) is 6.33 Å². The first-order valence-electron chi connectivity index (χ1n) is 4.21. The Morgan fingerprint density at radius 3 is 2.79 bits per heavy atom. The van der Waals surface area contributed by atoms with Crippen molar-refractivity contribution >= 4 is 0 Å². The minimum atomic E-state index is -0.124. The molecule has 0 aliphatic carbocycles. The van der Waals surface area contributed by atoms with Crippen LogP contribution in [0.1, 0.15) is 5.56 Å². The van der Waals surface area contributed by atoms with Gasteiger partial charge in [0, 0.05) is 25.0 Å². The van der Waals surface area contributed by atoms with Crippen LogP contribution in [-0.2, 0) is 7.05 Å². The van der Waals surface area contributed by atoms with E-state index >= 15 is 0 Å².